The summed E-state index contributed by atoms with van der Waals surface area (Å²) in [5.41, 5.74) is 6.77. The Balaban J connectivity index is 2.44. The summed E-state index contributed by atoms with van der Waals surface area (Å²) in [6, 6.07) is 5.32. The van der Waals surface area contributed by atoms with Crippen molar-refractivity contribution in [2.75, 3.05) is 6.61 Å². The predicted molar refractivity (Wildman–Crippen MR) is 57.2 cm³/mol. The van der Waals surface area contributed by atoms with Crippen molar-refractivity contribution in [3.63, 3.8) is 0 Å². The molecule has 0 spiro atoms. The van der Waals surface area contributed by atoms with E-state index < -0.39 is 6.10 Å². The van der Waals surface area contributed by atoms with E-state index in [-0.39, 0.29) is 6.04 Å². The summed E-state index contributed by atoms with van der Waals surface area (Å²) in [6.45, 7) is 0.517. The Morgan fingerprint density at radius 2 is 2.29 bits per heavy atom. The van der Waals surface area contributed by atoms with Gasteiger partial charge in [-0.1, -0.05) is 15.9 Å². The second kappa shape index (κ2) is 3.88. The number of fused-ring (bicyclic) bond motifs is 1. The van der Waals surface area contributed by atoms with Gasteiger partial charge in [-0.25, -0.2) is 0 Å². The first-order valence-electron chi connectivity index (χ1n) is 4.54. The Labute approximate surface area is 91.0 Å². The first kappa shape index (κ1) is 9.96. The lowest BCUT2D eigenvalue weighted by atomic mass is 10.0. The highest BCUT2D eigenvalue weighted by molar-refractivity contribution is 9.10. The van der Waals surface area contributed by atoms with Crippen LogP contribution in [0.25, 0.3) is 0 Å². The van der Waals surface area contributed by atoms with Crippen LogP contribution < -0.4 is 10.5 Å². The molecule has 0 aromatic heterocycles. The highest BCUT2D eigenvalue weighted by Gasteiger charge is 2.23. The molecule has 0 amide bonds. The highest BCUT2D eigenvalue weighted by atomic mass is 79.9. The molecule has 0 radical (unpaired) electrons. The normalized spacial score (nSPS) is 26.2. The van der Waals surface area contributed by atoms with Crippen LogP contribution in [0.3, 0.4) is 0 Å². The van der Waals surface area contributed by atoms with Crippen LogP contribution in [0.15, 0.2) is 22.7 Å². The number of rotatable bonds is 0. The monoisotopic (exact) mass is 257 g/mol. The summed E-state index contributed by atoms with van der Waals surface area (Å²) in [7, 11) is 0. The average molecular weight is 258 g/mol. The summed E-state index contributed by atoms with van der Waals surface area (Å²) in [5, 5.41) is 9.68. The van der Waals surface area contributed by atoms with Gasteiger partial charge >= 0.3 is 0 Å². The van der Waals surface area contributed by atoms with Crippen molar-refractivity contribution in [1.82, 2.24) is 0 Å². The molecule has 0 fully saturated rings. The molecule has 0 saturated heterocycles. The number of nitrogens with two attached hydrogens (primary N) is 1. The fourth-order valence-corrected chi connectivity index (χ4v) is 1.97. The van der Waals surface area contributed by atoms with Gasteiger partial charge in [0.05, 0.1) is 18.8 Å². The number of aliphatic hydroxyl groups excluding tert-OH is 1. The molecule has 0 unspecified atom stereocenters. The Morgan fingerprint density at radius 3 is 3.07 bits per heavy atom. The molecule has 1 aromatic rings. The molecule has 1 aromatic carbocycles. The Bertz CT molecular complexity index is 343. The van der Waals surface area contributed by atoms with E-state index in [4.69, 9.17) is 10.5 Å². The summed E-state index contributed by atoms with van der Waals surface area (Å²) in [4.78, 5) is 0. The second-order valence-corrected chi connectivity index (χ2v) is 4.33. The van der Waals surface area contributed by atoms with Crippen LogP contribution in [0.1, 0.15) is 18.0 Å². The van der Waals surface area contributed by atoms with Crippen LogP contribution >= 0.6 is 15.9 Å². The van der Waals surface area contributed by atoms with Crippen LogP contribution in [0, 0.1) is 0 Å². The molecule has 3 N–H and O–H groups in total. The average Bonchev–Trinajstić information content (AvgIpc) is 2.30. The zero-order chi connectivity index (χ0) is 10.1. The lowest BCUT2D eigenvalue weighted by Gasteiger charge is -2.16. The van der Waals surface area contributed by atoms with Gasteiger partial charge in [-0.2, -0.15) is 0 Å². The van der Waals surface area contributed by atoms with Crippen molar-refractivity contribution < 1.29 is 9.84 Å². The molecule has 2 atom stereocenters. The predicted octanol–water partition coefficient (Wildman–Crippen LogP) is 1.59. The maximum Gasteiger partial charge on any atom is 0.124 e. The zero-order valence-corrected chi connectivity index (χ0v) is 9.20. The van der Waals surface area contributed by atoms with Crippen LogP contribution in [0.2, 0.25) is 0 Å². The minimum Gasteiger partial charge on any atom is -0.493 e. The Morgan fingerprint density at radius 1 is 1.50 bits per heavy atom. The van der Waals surface area contributed by atoms with Crippen molar-refractivity contribution in [1.29, 1.82) is 0 Å². The van der Waals surface area contributed by atoms with Gasteiger partial charge in [0, 0.05) is 16.5 Å². The molecular weight excluding hydrogens is 246 g/mol. The van der Waals surface area contributed by atoms with Crippen LogP contribution in [-0.2, 0) is 0 Å². The van der Waals surface area contributed by atoms with E-state index in [0.717, 1.165) is 15.8 Å². The van der Waals surface area contributed by atoms with Gasteiger partial charge in [0.25, 0.3) is 0 Å². The van der Waals surface area contributed by atoms with E-state index in [1.54, 1.807) is 0 Å². The Kier molecular flexibility index (Phi) is 2.76. The van der Waals surface area contributed by atoms with Gasteiger partial charge in [-0.15, -0.1) is 0 Å². The highest BCUT2D eigenvalue weighted by Crippen LogP contribution is 2.32. The fourth-order valence-electron chi connectivity index (χ4n) is 1.59. The van der Waals surface area contributed by atoms with Crippen molar-refractivity contribution in [2.45, 2.75) is 18.6 Å². The van der Waals surface area contributed by atoms with Gasteiger partial charge in [0.2, 0.25) is 0 Å². The summed E-state index contributed by atoms with van der Waals surface area (Å²) in [5.74, 6) is 0.775. The number of hydrogen-bond donors (Lipinski definition) is 2. The van der Waals surface area contributed by atoms with Crippen molar-refractivity contribution in [3.05, 3.63) is 28.2 Å². The SMILES string of the molecule is N[C@H]1c2cc(Br)ccc2OCC[C@@H]1O. The lowest BCUT2D eigenvalue weighted by Crippen LogP contribution is -2.25. The summed E-state index contributed by atoms with van der Waals surface area (Å²) >= 11 is 3.37. The Hall–Kier alpha value is -0.580. The van der Waals surface area contributed by atoms with Crippen molar-refractivity contribution in [2.24, 2.45) is 5.73 Å². The van der Waals surface area contributed by atoms with Crippen LogP contribution in [0.5, 0.6) is 5.75 Å². The van der Waals surface area contributed by atoms with Gasteiger partial charge in [0.15, 0.2) is 0 Å². The first-order chi connectivity index (χ1) is 6.68. The lowest BCUT2D eigenvalue weighted by molar-refractivity contribution is 0.126. The molecule has 1 heterocycles. The van der Waals surface area contributed by atoms with Gasteiger partial charge < -0.3 is 15.6 Å². The third-order valence-electron chi connectivity index (χ3n) is 2.42. The van der Waals surface area contributed by atoms with E-state index in [9.17, 15) is 5.11 Å². The van der Waals surface area contributed by atoms with Gasteiger partial charge in [0.1, 0.15) is 5.75 Å². The largest absolute Gasteiger partial charge is 0.493 e. The maximum atomic E-state index is 9.68. The molecule has 0 bridgehead atoms. The van der Waals surface area contributed by atoms with Crippen LogP contribution in [0.4, 0.5) is 0 Å². The van der Waals surface area contributed by atoms with Crippen LogP contribution in [-0.4, -0.2) is 17.8 Å². The molecule has 14 heavy (non-hydrogen) atoms. The third-order valence-corrected chi connectivity index (χ3v) is 2.91. The van der Waals surface area contributed by atoms with E-state index in [1.807, 2.05) is 18.2 Å². The number of benzene rings is 1. The molecule has 76 valence electrons. The topological polar surface area (TPSA) is 55.5 Å². The maximum absolute atomic E-state index is 9.68. The molecule has 0 aliphatic carbocycles. The van der Waals surface area contributed by atoms with E-state index in [2.05, 4.69) is 15.9 Å². The molecular formula is C10H12BrNO2. The fraction of sp³-hybridized carbons (Fsp3) is 0.400. The van der Waals surface area contributed by atoms with Crippen molar-refractivity contribution in [3.8, 4) is 5.75 Å². The number of aliphatic hydroxyl groups is 1. The van der Waals surface area contributed by atoms with Gasteiger partial charge in [-0.05, 0) is 18.2 Å². The van der Waals surface area contributed by atoms with E-state index in [1.165, 1.54) is 0 Å². The van der Waals surface area contributed by atoms with E-state index >= 15 is 0 Å². The first-order valence-corrected chi connectivity index (χ1v) is 5.33. The van der Waals surface area contributed by atoms with Gasteiger partial charge in [-0.3, -0.25) is 0 Å². The molecule has 2 rings (SSSR count). The summed E-state index contributed by atoms with van der Waals surface area (Å²) in [6.07, 6.45) is 0.0542. The summed E-state index contributed by atoms with van der Waals surface area (Å²) < 4.78 is 6.43. The smallest absolute Gasteiger partial charge is 0.124 e. The number of halogens is 1. The quantitative estimate of drug-likeness (QED) is 0.743. The molecule has 4 heteroatoms. The number of ether oxygens (including phenoxy) is 1. The second-order valence-electron chi connectivity index (χ2n) is 3.41. The third kappa shape index (κ3) is 1.78. The molecule has 1 aliphatic heterocycles. The standard InChI is InChI=1S/C10H12BrNO2/c11-6-1-2-9-7(5-6)10(12)8(13)3-4-14-9/h1-2,5,8,10,13H,3-4,12H2/t8-,10-/m0/s1. The molecule has 1 aliphatic rings. The van der Waals surface area contributed by atoms with E-state index in [0.29, 0.717) is 13.0 Å². The zero-order valence-electron chi connectivity index (χ0n) is 7.61. The molecule has 0 saturated carbocycles. The number of hydrogen-bond acceptors (Lipinski definition) is 3. The van der Waals surface area contributed by atoms with Crippen molar-refractivity contribution >= 4 is 15.9 Å². The minimum absolute atomic E-state index is 0.356. The minimum atomic E-state index is -0.523. The molecule has 3 nitrogen and oxygen atoms in total.